The highest BCUT2D eigenvalue weighted by atomic mass is 35.5. The van der Waals surface area contributed by atoms with Crippen LogP contribution in [0.25, 0.3) is 0 Å². The van der Waals surface area contributed by atoms with Crippen molar-refractivity contribution in [2.75, 3.05) is 11.5 Å². The molecule has 128 valence electrons. The predicted molar refractivity (Wildman–Crippen MR) is 91.5 cm³/mol. The van der Waals surface area contributed by atoms with Gasteiger partial charge in [0.25, 0.3) is 0 Å². The Balaban J connectivity index is 1.78. The SMILES string of the molecule is O=C(Cc1ccc(Cl)cc1)N(Cc1ccco1)[C@@H]1CCS(=O)(=O)C1. The van der Waals surface area contributed by atoms with E-state index in [0.717, 1.165) is 5.56 Å². The van der Waals surface area contributed by atoms with Crippen molar-refractivity contribution in [2.24, 2.45) is 0 Å². The van der Waals surface area contributed by atoms with Crippen molar-refractivity contribution in [1.29, 1.82) is 0 Å². The van der Waals surface area contributed by atoms with Crippen LogP contribution < -0.4 is 0 Å². The average molecular weight is 368 g/mol. The first-order chi connectivity index (χ1) is 11.4. The zero-order valence-electron chi connectivity index (χ0n) is 13.0. The molecule has 5 nitrogen and oxygen atoms in total. The second-order valence-electron chi connectivity index (χ2n) is 5.96. The number of carbonyl (C=O) groups excluding carboxylic acids is 1. The molecule has 0 N–H and O–H groups in total. The molecule has 1 aromatic carbocycles. The molecule has 2 heterocycles. The lowest BCUT2D eigenvalue weighted by atomic mass is 10.1. The van der Waals surface area contributed by atoms with Gasteiger partial charge in [-0.05, 0) is 36.2 Å². The van der Waals surface area contributed by atoms with Gasteiger partial charge in [0.1, 0.15) is 5.76 Å². The third kappa shape index (κ3) is 4.19. The topological polar surface area (TPSA) is 67.6 Å². The standard InChI is InChI=1S/C17H18ClNO4S/c18-14-5-3-13(4-6-14)10-17(20)19(11-16-2-1-8-23-16)15-7-9-24(21,22)12-15/h1-6,8,15H,7,9-12H2/t15-/m1/s1. The summed E-state index contributed by atoms with van der Waals surface area (Å²) in [5.41, 5.74) is 0.842. The Hall–Kier alpha value is -1.79. The van der Waals surface area contributed by atoms with Gasteiger partial charge in [-0.25, -0.2) is 8.42 Å². The maximum absolute atomic E-state index is 12.8. The monoisotopic (exact) mass is 367 g/mol. The first kappa shape index (κ1) is 17.0. The van der Waals surface area contributed by atoms with Gasteiger partial charge in [0, 0.05) is 11.1 Å². The number of halogens is 1. The van der Waals surface area contributed by atoms with E-state index in [-0.39, 0.29) is 36.4 Å². The average Bonchev–Trinajstić information content (AvgIpc) is 3.16. The lowest BCUT2D eigenvalue weighted by Gasteiger charge is -2.27. The molecular weight excluding hydrogens is 350 g/mol. The lowest BCUT2D eigenvalue weighted by molar-refractivity contribution is -0.133. The molecule has 24 heavy (non-hydrogen) atoms. The van der Waals surface area contributed by atoms with Gasteiger partial charge in [-0.15, -0.1) is 0 Å². The third-order valence-corrected chi connectivity index (χ3v) is 6.15. The normalized spacial score (nSPS) is 19.3. The number of hydrogen-bond acceptors (Lipinski definition) is 4. The number of amides is 1. The Morgan fingerprint density at radius 2 is 2.00 bits per heavy atom. The van der Waals surface area contributed by atoms with Crippen LogP contribution in [0, 0.1) is 0 Å². The molecule has 3 rings (SSSR count). The predicted octanol–water partition coefficient (Wildman–Crippen LogP) is 2.69. The van der Waals surface area contributed by atoms with E-state index in [2.05, 4.69) is 0 Å². The maximum atomic E-state index is 12.8. The fourth-order valence-corrected chi connectivity index (χ4v) is 4.75. The van der Waals surface area contributed by atoms with E-state index in [1.807, 2.05) is 0 Å². The Kier molecular flexibility index (Phi) is 4.96. The summed E-state index contributed by atoms with van der Waals surface area (Å²) in [6, 6.07) is 10.3. The molecule has 1 atom stereocenters. The molecule has 1 aliphatic heterocycles. The summed E-state index contributed by atoms with van der Waals surface area (Å²) in [6.45, 7) is 0.277. The molecule has 1 aliphatic rings. The molecule has 0 unspecified atom stereocenters. The van der Waals surface area contributed by atoms with E-state index in [1.165, 1.54) is 0 Å². The van der Waals surface area contributed by atoms with E-state index in [0.29, 0.717) is 17.2 Å². The fraction of sp³-hybridized carbons (Fsp3) is 0.353. The minimum atomic E-state index is -3.07. The second-order valence-corrected chi connectivity index (χ2v) is 8.63. The first-order valence-corrected chi connectivity index (χ1v) is 9.89. The van der Waals surface area contributed by atoms with Crippen LogP contribution in [0.3, 0.4) is 0 Å². The molecule has 0 saturated carbocycles. The van der Waals surface area contributed by atoms with Crippen LogP contribution in [-0.2, 0) is 27.6 Å². The quantitative estimate of drug-likeness (QED) is 0.814. The largest absolute Gasteiger partial charge is 0.467 e. The zero-order valence-corrected chi connectivity index (χ0v) is 14.6. The van der Waals surface area contributed by atoms with Crippen molar-refractivity contribution < 1.29 is 17.6 Å². The Bertz CT molecular complexity index is 800. The number of carbonyl (C=O) groups is 1. The number of benzene rings is 1. The van der Waals surface area contributed by atoms with Gasteiger partial charge < -0.3 is 9.32 Å². The van der Waals surface area contributed by atoms with Crippen LogP contribution in [0.4, 0.5) is 0 Å². The summed E-state index contributed by atoms with van der Waals surface area (Å²) in [7, 11) is -3.07. The van der Waals surface area contributed by atoms with Gasteiger partial charge >= 0.3 is 0 Å². The number of sulfone groups is 1. The zero-order chi connectivity index (χ0) is 17.2. The Morgan fingerprint density at radius 3 is 2.58 bits per heavy atom. The molecule has 0 aliphatic carbocycles. The molecule has 0 radical (unpaired) electrons. The lowest BCUT2D eigenvalue weighted by Crippen LogP contribution is -2.41. The highest BCUT2D eigenvalue weighted by Crippen LogP contribution is 2.22. The van der Waals surface area contributed by atoms with Gasteiger partial charge in [-0.1, -0.05) is 23.7 Å². The summed E-state index contributed by atoms with van der Waals surface area (Å²) >= 11 is 5.87. The maximum Gasteiger partial charge on any atom is 0.227 e. The van der Waals surface area contributed by atoms with Crippen molar-refractivity contribution in [3.05, 3.63) is 59.0 Å². The fourth-order valence-electron chi connectivity index (χ4n) is 2.89. The van der Waals surface area contributed by atoms with Crippen molar-refractivity contribution >= 4 is 27.3 Å². The number of furan rings is 1. The Labute approximate surface area is 146 Å². The van der Waals surface area contributed by atoms with E-state index in [1.54, 1.807) is 47.6 Å². The molecule has 1 fully saturated rings. The second kappa shape index (κ2) is 6.99. The van der Waals surface area contributed by atoms with Crippen LogP contribution in [0.5, 0.6) is 0 Å². The molecule has 2 aromatic rings. The van der Waals surface area contributed by atoms with Gasteiger partial charge in [0.15, 0.2) is 9.84 Å². The summed E-state index contributed by atoms with van der Waals surface area (Å²) in [5.74, 6) is 0.667. The van der Waals surface area contributed by atoms with Crippen LogP contribution in [0.2, 0.25) is 5.02 Å². The first-order valence-electron chi connectivity index (χ1n) is 7.70. The van der Waals surface area contributed by atoms with E-state index < -0.39 is 9.84 Å². The summed E-state index contributed by atoms with van der Waals surface area (Å²) < 4.78 is 28.9. The molecule has 1 amide bonds. The summed E-state index contributed by atoms with van der Waals surface area (Å²) in [5, 5.41) is 0.612. The van der Waals surface area contributed by atoms with Gasteiger partial charge in [-0.2, -0.15) is 0 Å². The number of rotatable bonds is 5. The molecule has 0 bridgehead atoms. The van der Waals surface area contributed by atoms with Crippen LogP contribution in [0.1, 0.15) is 17.7 Å². The van der Waals surface area contributed by atoms with Gasteiger partial charge in [0.2, 0.25) is 5.91 Å². The minimum absolute atomic E-state index is 0.0140. The van der Waals surface area contributed by atoms with Gasteiger partial charge in [0.05, 0.1) is 30.7 Å². The number of nitrogens with zero attached hydrogens (tertiary/aromatic N) is 1. The van der Waals surface area contributed by atoms with Crippen molar-refractivity contribution in [3.8, 4) is 0 Å². The molecule has 1 saturated heterocycles. The summed E-state index contributed by atoms with van der Waals surface area (Å²) in [4.78, 5) is 14.4. The van der Waals surface area contributed by atoms with E-state index >= 15 is 0 Å². The molecule has 0 spiro atoms. The molecule has 7 heteroatoms. The number of hydrogen-bond donors (Lipinski definition) is 0. The van der Waals surface area contributed by atoms with Crippen molar-refractivity contribution in [1.82, 2.24) is 4.90 Å². The minimum Gasteiger partial charge on any atom is -0.467 e. The van der Waals surface area contributed by atoms with Crippen LogP contribution >= 0.6 is 11.6 Å². The Morgan fingerprint density at radius 1 is 1.25 bits per heavy atom. The highest BCUT2D eigenvalue weighted by molar-refractivity contribution is 7.91. The third-order valence-electron chi connectivity index (χ3n) is 4.14. The van der Waals surface area contributed by atoms with Crippen molar-refractivity contribution in [3.63, 3.8) is 0 Å². The van der Waals surface area contributed by atoms with Crippen LogP contribution in [-0.4, -0.2) is 36.8 Å². The molecular formula is C17H18ClNO4S. The molecule has 1 aromatic heterocycles. The van der Waals surface area contributed by atoms with Crippen LogP contribution in [0.15, 0.2) is 47.1 Å². The smallest absolute Gasteiger partial charge is 0.227 e. The summed E-state index contributed by atoms with van der Waals surface area (Å²) in [6.07, 6.45) is 2.21. The van der Waals surface area contributed by atoms with Gasteiger partial charge in [-0.3, -0.25) is 4.79 Å². The van der Waals surface area contributed by atoms with E-state index in [4.69, 9.17) is 16.0 Å². The highest BCUT2D eigenvalue weighted by Gasteiger charge is 2.34. The van der Waals surface area contributed by atoms with E-state index in [9.17, 15) is 13.2 Å². The van der Waals surface area contributed by atoms with Crippen molar-refractivity contribution in [2.45, 2.75) is 25.4 Å².